The van der Waals surface area contributed by atoms with Crippen molar-refractivity contribution in [1.82, 2.24) is 10.4 Å². The number of hydrogen-bond acceptors (Lipinski definition) is 3. The number of nitrogens with zero attached hydrogens (tertiary/aromatic N) is 1. The molecule has 1 amide bonds. The van der Waals surface area contributed by atoms with Gasteiger partial charge < -0.3 is 5.32 Å². The summed E-state index contributed by atoms with van der Waals surface area (Å²) in [5.41, 5.74) is 0. The van der Waals surface area contributed by atoms with Crippen molar-refractivity contribution in [1.29, 1.82) is 0 Å². The maximum absolute atomic E-state index is 11.7. The molecule has 0 saturated carbocycles. The molecule has 13 heavy (non-hydrogen) atoms. The zero-order valence-electron chi connectivity index (χ0n) is 8.54. The smallest absolute Gasteiger partial charge is 0.250 e. The SMILES string of the molecule is CON(C)C(=O)C1CCCNC1C. The van der Waals surface area contributed by atoms with E-state index in [2.05, 4.69) is 5.32 Å². The summed E-state index contributed by atoms with van der Waals surface area (Å²) in [5, 5.41) is 4.60. The first-order valence-corrected chi connectivity index (χ1v) is 4.72. The van der Waals surface area contributed by atoms with E-state index in [0.29, 0.717) is 0 Å². The van der Waals surface area contributed by atoms with Crippen LogP contribution in [0.5, 0.6) is 0 Å². The lowest BCUT2D eigenvalue weighted by atomic mass is 9.91. The topological polar surface area (TPSA) is 41.6 Å². The molecule has 4 heteroatoms. The highest BCUT2D eigenvalue weighted by molar-refractivity contribution is 5.78. The van der Waals surface area contributed by atoms with Crippen LogP contribution in [-0.4, -0.2) is 37.7 Å². The maximum atomic E-state index is 11.7. The molecule has 1 saturated heterocycles. The summed E-state index contributed by atoms with van der Waals surface area (Å²) in [6.07, 6.45) is 2.03. The average Bonchev–Trinajstić information content (AvgIpc) is 2.16. The van der Waals surface area contributed by atoms with Gasteiger partial charge in [0, 0.05) is 13.1 Å². The molecule has 0 bridgehead atoms. The van der Waals surface area contributed by atoms with Gasteiger partial charge in [0.05, 0.1) is 13.0 Å². The molecule has 1 aliphatic rings. The molecular weight excluding hydrogens is 168 g/mol. The lowest BCUT2D eigenvalue weighted by Gasteiger charge is -2.31. The third-order valence-corrected chi connectivity index (χ3v) is 2.66. The Morgan fingerprint density at radius 3 is 2.85 bits per heavy atom. The second-order valence-corrected chi connectivity index (χ2v) is 3.51. The molecule has 1 fully saturated rings. The summed E-state index contributed by atoms with van der Waals surface area (Å²) in [6.45, 7) is 3.06. The lowest BCUT2D eigenvalue weighted by molar-refractivity contribution is -0.175. The first kappa shape index (κ1) is 10.5. The number of amides is 1. The van der Waals surface area contributed by atoms with Crippen molar-refractivity contribution < 1.29 is 9.63 Å². The van der Waals surface area contributed by atoms with Crippen molar-refractivity contribution in [2.75, 3.05) is 20.7 Å². The van der Waals surface area contributed by atoms with Crippen LogP contribution < -0.4 is 5.32 Å². The van der Waals surface area contributed by atoms with E-state index in [-0.39, 0.29) is 17.9 Å². The Labute approximate surface area is 79.2 Å². The molecule has 0 aromatic carbocycles. The van der Waals surface area contributed by atoms with E-state index in [1.165, 1.54) is 12.2 Å². The van der Waals surface area contributed by atoms with Crippen LogP contribution in [0.2, 0.25) is 0 Å². The predicted octanol–water partition coefficient (Wildman–Crippen LogP) is 0.394. The van der Waals surface area contributed by atoms with Crippen molar-refractivity contribution in [2.24, 2.45) is 5.92 Å². The molecular formula is C9H18N2O2. The van der Waals surface area contributed by atoms with Gasteiger partial charge in [0.15, 0.2) is 0 Å². The van der Waals surface area contributed by atoms with E-state index >= 15 is 0 Å². The first-order valence-electron chi connectivity index (χ1n) is 4.72. The fraction of sp³-hybridized carbons (Fsp3) is 0.889. The number of hydroxylamine groups is 2. The molecule has 2 unspecified atom stereocenters. The number of piperidine rings is 1. The van der Waals surface area contributed by atoms with Crippen LogP contribution in [0.15, 0.2) is 0 Å². The number of hydrogen-bond donors (Lipinski definition) is 1. The van der Waals surface area contributed by atoms with Gasteiger partial charge in [-0.2, -0.15) is 0 Å². The van der Waals surface area contributed by atoms with Gasteiger partial charge in [-0.3, -0.25) is 9.63 Å². The Hall–Kier alpha value is -0.610. The van der Waals surface area contributed by atoms with Crippen molar-refractivity contribution in [3.8, 4) is 0 Å². The van der Waals surface area contributed by atoms with E-state index in [1.54, 1.807) is 7.05 Å². The molecule has 4 nitrogen and oxygen atoms in total. The number of nitrogens with one attached hydrogen (secondary N) is 1. The second kappa shape index (κ2) is 4.58. The van der Waals surface area contributed by atoms with Crippen LogP contribution in [0.4, 0.5) is 0 Å². The molecule has 1 heterocycles. The van der Waals surface area contributed by atoms with Crippen LogP contribution >= 0.6 is 0 Å². The van der Waals surface area contributed by atoms with Gasteiger partial charge in [-0.25, -0.2) is 5.06 Å². The molecule has 0 aromatic heterocycles. The standard InChI is InChI=1S/C9H18N2O2/c1-7-8(5-4-6-10-7)9(12)11(2)13-3/h7-8,10H,4-6H2,1-3H3. The fourth-order valence-electron chi connectivity index (χ4n) is 1.70. The van der Waals surface area contributed by atoms with Crippen LogP contribution in [0.3, 0.4) is 0 Å². The second-order valence-electron chi connectivity index (χ2n) is 3.51. The van der Waals surface area contributed by atoms with Crippen molar-refractivity contribution in [3.05, 3.63) is 0 Å². The van der Waals surface area contributed by atoms with Gasteiger partial charge in [0.2, 0.25) is 0 Å². The highest BCUT2D eigenvalue weighted by Gasteiger charge is 2.29. The highest BCUT2D eigenvalue weighted by Crippen LogP contribution is 2.18. The van der Waals surface area contributed by atoms with Gasteiger partial charge in [-0.05, 0) is 26.3 Å². The predicted molar refractivity (Wildman–Crippen MR) is 50.0 cm³/mol. The Kier molecular flexibility index (Phi) is 3.69. The maximum Gasteiger partial charge on any atom is 0.250 e. The average molecular weight is 186 g/mol. The van der Waals surface area contributed by atoms with Crippen LogP contribution in [0.1, 0.15) is 19.8 Å². The Balaban J connectivity index is 2.53. The minimum atomic E-state index is 0.0682. The molecule has 1 aliphatic heterocycles. The molecule has 0 radical (unpaired) electrons. The van der Waals surface area contributed by atoms with Gasteiger partial charge in [0.1, 0.15) is 0 Å². The molecule has 0 aromatic rings. The van der Waals surface area contributed by atoms with Gasteiger partial charge in [-0.1, -0.05) is 0 Å². The fourth-order valence-corrected chi connectivity index (χ4v) is 1.70. The largest absolute Gasteiger partial charge is 0.313 e. The van der Waals surface area contributed by atoms with Crippen molar-refractivity contribution in [3.63, 3.8) is 0 Å². The van der Waals surface area contributed by atoms with Crippen LogP contribution in [0, 0.1) is 5.92 Å². The molecule has 0 spiro atoms. The third-order valence-electron chi connectivity index (χ3n) is 2.66. The van der Waals surface area contributed by atoms with E-state index in [9.17, 15) is 4.79 Å². The summed E-state index contributed by atoms with van der Waals surface area (Å²) in [7, 11) is 3.17. The van der Waals surface area contributed by atoms with Crippen molar-refractivity contribution in [2.45, 2.75) is 25.8 Å². The summed E-state index contributed by atoms with van der Waals surface area (Å²) in [6, 6.07) is 0.263. The quantitative estimate of drug-likeness (QED) is 0.634. The van der Waals surface area contributed by atoms with E-state index in [1.807, 2.05) is 6.92 Å². The van der Waals surface area contributed by atoms with E-state index in [4.69, 9.17) is 4.84 Å². The van der Waals surface area contributed by atoms with Crippen molar-refractivity contribution >= 4 is 5.91 Å². The molecule has 2 atom stereocenters. The zero-order chi connectivity index (χ0) is 9.84. The Morgan fingerprint density at radius 2 is 2.31 bits per heavy atom. The van der Waals surface area contributed by atoms with Crippen LogP contribution in [-0.2, 0) is 9.63 Å². The summed E-state index contributed by atoms with van der Waals surface area (Å²) in [5.74, 6) is 0.140. The lowest BCUT2D eigenvalue weighted by Crippen LogP contribution is -2.46. The first-order chi connectivity index (χ1) is 6.16. The molecule has 0 aliphatic carbocycles. The molecule has 1 rings (SSSR count). The van der Waals surface area contributed by atoms with E-state index in [0.717, 1.165) is 19.4 Å². The highest BCUT2D eigenvalue weighted by atomic mass is 16.7. The monoisotopic (exact) mass is 186 g/mol. The normalized spacial score (nSPS) is 28.5. The Morgan fingerprint density at radius 1 is 1.62 bits per heavy atom. The molecule has 76 valence electrons. The summed E-state index contributed by atoms with van der Waals surface area (Å²) < 4.78 is 0. The number of carbonyl (C=O) groups is 1. The van der Waals surface area contributed by atoms with Gasteiger partial charge in [0.25, 0.3) is 5.91 Å². The summed E-state index contributed by atoms with van der Waals surface area (Å²) in [4.78, 5) is 16.6. The zero-order valence-corrected chi connectivity index (χ0v) is 8.54. The summed E-state index contributed by atoms with van der Waals surface area (Å²) >= 11 is 0. The van der Waals surface area contributed by atoms with Gasteiger partial charge in [-0.15, -0.1) is 0 Å². The van der Waals surface area contributed by atoms with Crippen LogP contribution in [0.25, 0.3) is 0 Å². The minimum absolute atomic E-state index is 0.0682. The minimum Gasteiger partial charge on any atom is -0.313 e. The van der Waals surface area contributed by atoms with E-state index < -0.39 is 0 Å². The number of carbonyl (C=O) groups excluding carboxylic acids is 1. The number of rotatable bonds is 2. The van der Waals surface area contributed by atoms with Gasteiger partial charge >= 0.3 is 0 Å². The third kappa shape index (κ3) is 2.42. The Bertz CT molecular complexity index is 184. The molecule has 1 N–H and O–H groups in total.